The van der Waals surface area contributed by atoms with Gasteiger partial charge in [0.1, 0.15) is 30.1 Å². The van der Waals surface area contributed by atoms with E-state index in [1.54, 1.807) is 20.8 Å². The summed E-state index contributed by atoms with van der Waals surface area (Å²) in [5.74, 6) is -1.44. The summed E-state index contributed by atoms with van der Waals surface area (Å²) in [6, 6.07) is 10.5. The fraction of sp³-hybridized carbons (Fsp3) is 0.519. The van der Waals surface area contributed by atoms with Gasteiger partial charge in [0, 0.05) is 18.2 Å². The van der Waals surface area contributed by atoms with Gasteiger partial charge in [-0.1, -0.05) is 24.3 Å². The third-order valence-corrected chi connectivity index (χ3v) is 6.38. The highest BCUT2D eigenvalue weighted by Crippen LogP contribution is 2.46. The van der Waals surface area contributed by atoms with Crippen LogP contribution in [0.25, 0.3) is 0 Å². The van der Waals surface area contributed by atoms with E-state index in [0.29, 0.717) is 12.2 Å². The molecule has 196 valence electrons. The molecule has 1 aliphatic carbocycles. The van der Waals surface area contributed by atoms with Crippen molar-refractivity contribution in [1.29, 1.82) is 0 Å². The molecule has 3 atom stereocenters. The summed E-state index contributed by atoms with van der Waals surface area (Å²) >= 11 is 0. The van der Waals surface area contributed by atoms with Crippen LogP contribution in [0.3, 0.4) is 0 Å². The molecule has 0 aromatic heterocycles. The fourth-order valence-electron chi connectivity index (χ4n) is 4.42. The number of hydrogen-bond donors (Lipinski definition) is 3. The SMILES string of the molecule is CC(C)(C)OC(=O)NC(Cc1cc(F)cc(F)c1)C(O)CNC1(c2cccc(C3COCO3)c2)CC1. The first-order valence-corrected chi connectivity index (χ1v) is 12.2. The van der Waals surface area contributed by atoms with E-state index >= 15 is 0 Å². The molecule has 1 amide bonds. The number of amides is 1. The molecular formula is C27H34F2N2O5. The number of hydrogen-bond acceptors (Lipinski definition) is 6. The molecule has 4 rings (SSSR count). The third-order valence-electron chi connectivity index (χ3n) is 6.38. The van der Waals surface area contributed by atoms with Gasteiger partial charge in [-0.05, 0) is 68.9 Å². The zero-order valence-corrected chi connectivity index (χ0v) is 20.9. The van der Waals surface area contributed by atoms with Crippen molar-refractivity contribution in [2.24, 2.45) is 0 Å². The molecule has 3 N–H and O–H groups in total. The second-order valence-corrected chi connectivity index (χ2v) is 10.5. The van der Waals surface area contributed by atoms with Crippen molar-refractivity contribution in [3.63, 3.8) is 0 Å². The largest absolute Gasteiger partial charge is 0.444 e. The Hall–Kier alpha value is -2.59. The first-order chi connectivity index (χ1) is 17.0. The summed E-state index contributed by atoms with van der Waals surface area (Å²) in [5, 5.41) is 17.2. The minimum Gasteiger partial charge on any atom is -0.444 e. The van der Waals surface area contributed by atoms with Crippen molar-refractivity contribution in [1.82, 2.24) is 10.6 Å². The number of nitrogens with one attached hydrogen (secondary N) is 2. The Labute approximate surface area is 210 Å². The van der Waals surface area contributed by atoms with Crippen LogP contribution in [-0.2, 0) is 26.2 Å². The molecule has 9 heteroatoms. The predicted octanol–water partition coefficient (Wildman–Crippen LogP) is 4.09. The van der Waals surface area contributed by atoms with Crippen LogP contribution < -0.4 is 10.6 Å². The van der Waals surface area contributed by atoms with Gasteiger partial charge in [-0.3, -0.25) is 0 Å². The molecule has 0 spiro atoms. The molecule has 2 fully saturated rings. The molecule has 2 aromatic carbocycles. The topological polar surface area (TPSA) is 89.1 Å². The van der Waals surface area contributed by atoms with Crippen LogP contribution in [0.15, 0.2) is 42.5 Å². The van der Waals surface area contributed by atoms with Crippen molar-refractivity contribution >= 4 is 6.09 Å². The van der Waals surface area contributed by atoms with Crippen LogP contribution in [0.1, 0.15) is 56.4 Å². The van der Waals surface area contributed by atoms with E-state index < -0.39 is 35.5 Å². The molecule has 1 heterocycles. The number of carbonyl (C=O) groups excluding carboxylic acids is 1. The Kier molecular flexibility index (Phi) is 7.94. The summed E-state index contributed by atoms with van der Waals surface area (Å²) in [6.07, 6.45) is -0.0414. The number of aliphatic hydroxyl groups excluding tert-OH is 1. The quantitative estimate of drug-likeness (QED) is 0.477. The minimum absolute atomic E-state index is 0.0261. The van der Waals surface area contributed by atoms with E-state index in [-0.39, 0.29) is 31.4 Å². The van der Waals surface area contributed by atoms with E-state index in [4.69, 9.17) is 14.2 Å². The Morgan fingerprint density at radius 1 is 1.19 bits per heavy atom. The van der Waals surface area contributed by atoms with Crippen molar-refractivity contribution in [3.8, 4) is 0 Å². The first kappa shape index (κ1) is 26.5. The van der Waals surface area contributed by atoms with Crippen LogP contribution in [-0.4, -0.2) is 48.9 Å². The van der Waals surface area contributed by atoms with E-state index in [1.807, 2.05) is 18.2 Å². The predicted molar refractivity (Wildman–Crippen MR) is 129 cm³/mol. The summed E-state index contributed by atoms with van der Waals surface area (Å²) in [7, 11) is 0. The van der Waals surface area contributed by atoms with Gasteiger partial charge in [-0.15, -0.1) is 0 Å². The fourth-order valence-corrected chi connectivity index (χ4v) is 4.42. The lowest BCUT2D eigenvalue weighted by molar-refractivity contribution is 0.0419. The standard InChI is InChI=1S/C27H34F2N2O5/c1-26(2,3)36-25(33)31-22(11-17-9-20(28)13-21(29)10-17)23(32)14-30-27(7-8-27)19-6-4-5-18(12-19)24-15-34-16-35-24/h4-6,9-10,12-13,22-24,30,32H,7-8,11,14-16H2,1-3H3,(H,31,33). The Morgan fingerprint density at radius 3 is 2.53 bits per heavy atom. The average Bonchev–Trinajstić information content (AvgIpc) is 3.38. The lowest BCUT2D eigenvalue weighted by Gasteiger charge is -2.29. The van der Waals surface area contributed by atoms with Crippen LogP contribution in [0.5, 0.6) is 0 Å². The van der Waals surface area contributed by atoms with Gasteiger partial charge >= 0.3 is 6.09 Å². The molecule has 7 nitrogen and oxygen atoms in total. The van der Waals surface area contributed by atoms with Gasteiger partial charge in [-0.2, -0.15) is 0 Å². The molecule has 2 aliphatic rings. The summed E-state index contributed by atoms with van der Waals surface area (Å²) in [6.45, 7) is 6.15. The summed E-state index contributed by atoms with van der Waals surface area (Å²) in [4.78, 5) is 12.5. The van der Waals surface area contributed by atoms with Crippen molar-refractivity contribution in [3.05, 3.63) is 70.8 Å². The first-order valence-electron chi connectivity index (χ1n) is 12.2. The molecule has 1 aliphatic heterocycles. The molecular weight excluding hydrogens is 470 g/mol. The summed E-state index contributed by atoms with van der Waals surface area (Å²) < 4.78 is 43.8. The van der Waals surface area contributed by atoms with Crippen LogP contribution in [0, 0.1) is 11.6 Å². The van der Waals surface area contributed by atoms with Gasteiger partial charge < -0.3 is 30.0 Å². The van der Waals surface area contributed by atoms with Crippen LogP contribution >= 0.6 is 0 Å². The molecule has 3 unspecified atom stereocenters. The van der Waals surface area contributed by atoms with Crippen molar-refractivity contribution < 1.29 is 32.9 Å². The Morgan fingerprint density at radius 2 is 1.92 bits per heavy atom. The maximum Gasteiger partial charge on any atom is 0.407 e. The zero-order chi connectivity index (χ0) is 25.9. The van der Waals surface area contributed by atoms with Gasteiger partial charge in [0.2, 0.25) is 0 Å². The van der Waals surface area contributed by atoms with Crippen molar-refractivity contribution in [2.45, 2.75) is 69.4 Å². The second kappa shape index (κ2) is 10.8. The number of carbonyl (C=O) groups is 1. The molecule has 2 aromatic rings. The van der Waals surface area contributed by atoms with Gasteiger partial charge in [0.25, 0.3) is 0 Å². The summed E-state index contributed by atoms with van der Waals surface area (Å²) in [5.41, 5.74) is 1.42. The number of ether oxygens (including phenoxy) is 3. The van der Waals surface area contributed by atoms with E-state index in [9.17, 15) is 18.7 Å². The highest BCUT2D eigenvalue weighted by Gasteiger charge is 2.44. The third kappa shape index (κ3) is 7.00. The minimum atomic E-state index is -1.05. The number of benzene rings is 2. The van der Waals surface area contributed by atoms with E-state index in [2.05, 4.69) is 16.7 Å². The molecule has 0 radical (unpaired) electrons. The van der Waals surface area contributed by atoms with Gasteiger partial charge in [-0.25, -0.2) is 13.6 Å². The average molecular weight is 505 g/mol. The lowest BCUT2D eigenvalue weighted by atomic mass is 9.98. The van der Waals surface area contributed by atoms with Crippen LogP contribution in [0.4, 0.5) is 13.6 Å². The molecule has 0 bridgehead atoms. The number of rotatable bonds is 9. The maximum atomic E-state index is 13.8. The second-order valence-electron chi connectivity index (χ2n) is 10.5. The normalized spacial score (nSPS) is 20.6. The highest BCUT2D eigenvalue weighted by molar-refractivity contribution is 5.68. The van der Waals surface area contributed by atoms with Crippen molar-refractivity contribution in [2.75, 3.05) is 19.9 Å². The Bertz CT molecular complexity index is 1040. The van der Waals surface area contributed by atoms with Gasteiger partial charge in [0.05, 0.1) is 18.8 Å². The van der Waals surface area contributed by atoms with Gasteiger partial charge in [0.15, 0.2) is 0 Å². The monoisotopic (exact) mass is 504 g/mol. The van der Waals surface area contributed by atoms with E-state index in [0.717, 1.165) is 30.0 Å². The number of aliphatic hydroxyl groups is 1. The number of halogens is 2. The maximum absolute atomic E-state index is 13.8. The molecule has 1 saturated heterocycles. The molecule has 36 heavy (non-hydrogen) atoms. The zero-order valence-electron chi connectivity index (χ0n) is 20.9. The number of alkyl carbamates (subject to hydrolysis) is 1. The van der Waals surface area contributed by atoms with Crippen LogP contribution in [0.2, 0.25) is 0 Å². The lowest BCUT2D eigenvalue weighted by Crippen LogP contribution is -2.51. The Balaban J connectivity index is 1.45. The van der Waals surface area contributed by atoms with E-state index in [1.165, 1.54) is 12.1 Å². The smallest absolute Gasteiger partial charge is 0.407 e. The highest BCUT2D eigenvalue weighted by atomic mass is 19.1. The molecule has 1 saturated carbocycles.